The first-order chi connectivity index (χ1) is 15.0. The maximum atomic E-state index is 13.7. The molecule has 1 aromatic carbocycles. The van der Waals surface area contributed by atoms with E-state index in [9.17, 15) is 14.0 Å². The van der Waals surface area contributed by atoms with Gasteiger partial charge in [0.1, 0.15) is 6.04 Å². The van der Waals surface area contributed by atoms with Gasteiger partial charge in [-0.05, 0) is 49.9 Å². The quantitative estimate of drug-likeness (QED) is 0.437. The van der Waals surface area contributed by atoms with Crippen molar-refractivity contribution in [1.82, 2.24) is 25.9 Å². The van der Waals surface area contributed by atoms with Crippen LogP contribution in [0.15, 0.2) is 48.7 Å². The SMILES string of the molecule is CC(NC(=O)[C@H]1C[C@H](Cc2ccccc2)CN1)C(=O)NCc1cc2c(F)nccc2[nH]1. The van der Waals surface area contributed by atoms with Gasteiger partial charge in [0.25, 0.3) is 0 Å². The van der Waals surface area contributed by atoms with Gasteiger partial charge < -0.3 is 20.9 Å². The number of H-pyrrole nitrogens is 1. The van der Waals surface area contributed by atoms with E-state index < -0.39 is 12.0 Å². The maximum absolute atomic E-state index is 13.7. The van der Waals surface area contributed by atoms with Gasteiger partial charge >= 0.3 is 0 Å². The van der Waals surface area contributed by atoms with Crippen LogP contribution in [0.2, 0.25) is 0 Å². The first-order valence-electron chi connectivity index (χ1n) is 10.5. The zero-order valence-corrected chi connectivity index (χ0v) is 17.3. The molecule has 1 fully saturated rings. The lowest BCUT2D eigenvalue weighted by atomic mass is 9.96. The number of fused-ring (bicyclic) bond motifs is 1. The molecule has 0 aliphatic carbocycles. The second-order valence-corrected chi connectivity index (χ2v) is 8.06. The van der Waals surface area contributed by atoms with Gasteiger partial charge in [0, 0.05) is 11.9 Å². The predicted molar refractivity (Wildman–Crippen MR) is 116 cm³/mol. The zero-order chi connectivity index (χ0) is 21.8. The number of hydrogen-bond acceptors (Lipinski definition) is 4. The van der Waals surface area contributed by atoms with E-state index in [1.807, 2.05) is 18.2 Å². The number of halogens is 1. The molecule has 31 heavy (non-hydrogen) atoms. The molecule has 4 N–H and O–H groups in total. The molecule has 0 radical (unpaired) electrons. The standard InChI is InChI=1S/C23H26FN5O2/c1-14(22(30)27-13-17-11-18-19(29-17)7-8-25-21(18)24)28-23(31)20-10-16(12-26-20)9-15-5-3-2-4-6-15/h2-8,11,14,16,20,26,29H,9-10,12-13H2,1H3,(H,27,30)(H,28,31)/t14?,16-,20+/m0/s1. The van der Waals surface area contributed by atoms with Gasteiger partial charge in [-0.2, -0.15) is 4.39 Å². The van der Waals surface area contributed by atoms with E-state index in [1.54, 1.807) is 19.1 Å². The number of rotatable bonds is 7. The Morgan fingerprint density at radius 1 is 1.26 bits per heavy atom. The van der Waals surface area contributed by atoms with Crippen molar-refractivity contribution in [1.29, 1.82) is 0 Å². The number of nitrogens with one attached hydrogen (secondary N) is 4. The van der Waals surface area contributed by atoms with Crippen LogP contribution in [-0.4, -0.2) is 40.4 Å². The smallest absolute Gasteiger partial charge is 0.242 e. The fourth-order valence-corrected chi connectivity index (χ4v) is 4.00. The Morgan fingerprint density at radius 3 is 2.84 bits per heavy atom. The van der Waals surface area contributed by atoms with Gasteiger partial charge in [0.2, 0.25) is 17.8 Å². The second kappa shape index (κ2) is 9.26. The number of benzene rings is 1. The summed E-state index contributed by atoms with van der Waals surface area (Å²) in [6.07, 6.45) is 3.05. The van der Waals surface area contributed by atoms with Crippen molar-refractivity contribution >= 4 is 22.7 Å². The van der Waals surface area contributed by atoms with Crippen LogP contribution in [0.25, 0.3) is 10.9 Å². The molecular weight excluding hydrogens is 397 g/mol. The minimum Gasteiger partial charge on any atom is -0.357 e. The number of aromatic nitrogens is 2. The molecule has 4 rings (SSSR count). The minimum atomic E-state index is -0.676. The van der Waals surface area contributed by atoms with E-state index in [-0.39, 0.29) is 24.4 Å². The Bertz CT molecular complexity index is 1070. The molecule has 1 unspecified atom stereocenters. The highest BCUT2D eigenvalue weighted by molar-refractivity contribution is 5.89. The highest BCUT2D eigenvalue weighted by Gasteiger charge is 2.30. The lowest BCUT2D eigenvalue weighted by molar-refractivity contribution is -0.129. The molecule has 1 aliphatic rings. The average molecular weight is 423 g/mol. The summed E-state index contributed by atoms with van der Waals surface area (Å²) in [7, 11) is 0. The Kier molecular flexibility index (Phi) is 6.27. The van der Waals surface area contributed by atoms with Gasteiger partial charge in [-0.15, -0.1) is 0 Å². The molecule has 7 nitrogen and oxygen atoms in total. The third-order valence-electron chi connectivity index (χ3n) is 5.67. The van der Waals surface area contributed by atoms with E-state index in [0.717, 1.165) is 19.4 Å². The molecule has 3 heterocycles. The number of aromatic amines is 1. The average Bonchev–Trinajstić information content (AvgIpc) is 3.40. The number of hydrogen-bond donors (Lipinski definition) is 4. The minimum absolute atomic E-state index is 0.169. The monoisotopic (exact) mass is 423 g/mol. The number of amides is 2. The molecule has 0 saturated carbocycles. The van der Waals surface area contributed by atoms with Gasteiger partial charge in [-0.1, -0.05) is 30.3 Å². The normalized spacial score (nSPS) is 19.3. The molecule has 1 saturated heterocycles. The van der Waals surface area contributed by atoms with Crippen LogP contribution >= 0.6 is 0 Å². The Balaban J connectivity index is 1.24. The highest BCUT2D eigenvalue weighted by atomic mass is 19.1. The summed E-state index contributed by atoms with van der Waals surface area (Å²) < 4.78 is 13.7. The summed E-state index contributed by atoms with van der Waals surface area (Å²) in [6.45, 7) is 2.63. The fraction of sp³-hybridized carbons (Fsp3) is 0.348. The topological polar surface area (TPSA) is 98.9 Å². The Labute approximate surface area is 179 Å². The molecular formula is C23H26FN5O2. The lowest BCUT2D eigenvalue weighted by Crippen LogP contribution is -2.49. The highest BCUT2D eigenvalue weighted by Crippen LogP contribution is 2.19. The van der Waals surface area contributed by atoms with Crippen molar-refractivity contribution in [2.75, 3.05) is 6.54 Å². The predicted octanol–water partition coefficient (Wildman–Crippen LogP) is 2.04. The summed E-state index contributed by atoms with van der Waals surface area (Å²) in [4.78, 5) is 31.7. The van der Waals surface area contributed by atoms with Crippen LogP contribution in [-0.2, 0) is 22.6 Å². The van der Waals surface area contributed by atoms with Crippen LogP contribution in [0, 0.1) is 11.9 Å². The van der Waals surface area contributed by atoms with Crippen LogP contribution in [0.4, 0.5) is 4.39 Å². The molecule has 0 spiro atoms. The Morgan fingerprint density at radius 2 is 2.06 bits per heavy atom. The number of nitrogens with zero attached hydrogens (tertiary/aromatic N) is 1. The number of carbonyl (C=O) groups excluding carboxylic acids is 2. The third kappa shape index (κ3) is 5.08. The Hall–Kier alpha value is -3.26. The van der Waals surface area contributed by atoms with Gasteiger partial charge in [0.05, 0.1) is 23.5 Å². The van der Waals surface area contributed by atoms with Crippen LogP contribution in [0.1, 0.15) is 24.6 Å². The second-order valence-electron chi connectivity index (χ2n) is 8.06. The summed E-state index contributed by atoms with van der Waals surface area (Å²) in [5, 5.41) is 9.19. The fourth-order valence-electron chi connectivity index (χ4n) is 4.00. The number of carbonyl (C=O) groups is 2. The molecule has 2 amide bonds. The van der Waals surface area contributed by atoms with Crippen LogP contribution in [0.5, 0.6) is 0 Å². The van der Waals surface area contributed by atoms with Crippen LogP contribution in [0.3, 0.4) is 0 Å². The van der Waals surface area contributed by atoms with Gasteiger partial charge in [-0.3, -0.25) is 9.59 Å². The molecule has 8 heteroatoms. The van der Waals surface area contributed by atoms with Crippen molar-refractivity contribution in [3.05, 3.63) is 65.9 Å². The van der Waals surface area contributed by atoms with Crippen molar-refractivity contribution in [3.63, 3.8) is 0 Å². The summed E-state index contributed by atoms with van der Waals surface area (Å²) in [5.74, 6) is -0.637. The molecule has 0 bridgehead atoms. The van der Waals surface area contributed by atoms with Crippen molar-refractivity contribution in [2.45, 2.75) is 38.4 Å². The van der Waals surface area contributed by atoms with E-state index in [1.165, 1.54) is 11.8 Å². The van der Waals surface area contributed by atoms with Gasteiger partial charge in [-0.25, -0.2) is 4.98 Å². The van der Waals surface area contributed by atoms with E-state index >= 15 is 0 Å². The van der Waals surface area contributed by atoms with Crippen LogP contribution < -0.4 is 16.0 Å². The van der Waals surface area contributed by atoms with Crippen molar-refractivity contribution in [2.24, 2.45) is 5.92 Å². The molecule has 3 atom stereocenters. The molecule has 3 aromatic rings. The largest absolute Gasteiger partial charge is 0.357 e. The lowest BCUT2D eigenvalue weighted by Gasteiger charge is -2.17. The summed E-state index contributed by atoms with van der Waals surface area (Å²) in [6, 6.07) is 12.5. The molecule has 1 aliphatic heterocycles. The third-order valence-corrected chi connectivity index (χ3v) is 5.67. The van der Waals surface area contributed by atoms with E-state index in [2.05, 4.69) is 38.1 Å². The van der Waals surface area contributed by atoms with Crippen molar-refractivity contribution < 1.29 is 14.0 Å². The summed E-state index contributed by atoms with van der Waals surface area (Å²) in [5.41, 5.74) is 2.54. The van der Waals surface area contributed by atoms with Gasteiger partial charge in [0.15, 0.2) is 0 Å². The van der Waals surface area contributed by atoms with Crippen molar-refractivity contribution in [3.8, 4) is 0 Å². The number of pyridine rings is 1. The molecule has 162 valence electrons. The van der Waals surface area contributed by atoms with E-state index in [0.29, 0.717) is 22.5 Å². The molecule has 2 aromatic heterocycles. The first-order valence-corrected chi connectivity index (χ1v) is 10.5. The zero-order valence-electron chi connectivity index (χ0n) is 17.3. The first kappa shape index (κ1) is 21.0. The summed E-state index contributed by atoms with van der Waals surface area (Å²) >= 11 is 0. The maximum Gasteiger partial charge on any atom is 0.242 e. The van der Waals surface area contributed by atoms with E-state index in [4.69, 9.17) is 0 Å².